The van der Waals surface area contributed by atoms with Gasteiger partial charge in [-0.15, -0.1) is 0 Å². The van der Waals surface area contributed by atoms with Crippen molar-refractivity contribution in [3.63, 3.8) is 0 Å². The Labute approximate surface area is 118 Å². The highest BCUT2D eigenvalue weighted by atomic mass is 16.1. The summed E-state index contributed by atoms with van der Waals surface area (Å²) in [5.41, 5.74) is 1.79. The fraction of sp³-hybridized carbons (Fsp3) is 0.375. The predicted octanol–water partition coefficient (Wildman–Crippen LogP) is 3.38. The molecule has 1 aromatic heterocycles. The molecule has 3 rings (SSSR count). The normalized spacial score (nSPS) is 20.1. The highest BCUT2D eigenvalue weighted by Gasteiger charge is 2.35. The zero-order chi connectivity index (χ0) is 14.3. The largest absolute Gasteiger partial charge is 0.363 e. The first-order valence-electron chi connectivity index (χ1n) is 6.90. The molecule has 0 spiro atoms. The van der Waals surface area contributed by atoms with Crippen LogP contribution in [0.25, 0.3) is 0 Å². The lowest BCUT2D eigenvalue weighted by atomic mass is 9.89. The van der Waals surface area contributed by atoms with Gasteiger partial charge in [0.15, 0.2) is 5.78 Å². The summed E-state index contributed by atoms with van der Waals surface area (Å²) in [7, 11) is 0. The van der Waals surface area contributed by atoms with Crippen LogP contribution in [0.3, 0.4) is 0 Å². The van der Waals surface area contributed by atoms with E-state index in [1.54, 1.807) is 13.1 Å². The van der Waals surface area contributed by atoms with Crippen LogP contribution < -0.4 is 5.32 Å². The molecule has 0 saturated heterocycles. The fourth-order valence-corrected chi connectivity index (χ4v) is 2.89. The maximum atomic E-state index is 11.7. The van der Waals surface area contributed by atoms with Crippen LogP contribution in [0, 0.1) is 0 Å². The predicted molar refractivity (Wildman–Crippen MR) is 79.0 cm³/mol. The van der Waals surface area contributed by atoms with Crippen molar-refractivity contribution < 1.29 is 4.79 Å². The number of ketones is 1. The number of aromatic nitrogens is 2. The number of rotatable bonds is 2. The monoisotopic (exact) mass is 269 g/mol. The van der Waals surface area contributed by atoms with Gasteiger partial charge in [0.25, 0.3) is 0 Å². The van der Waals surface area contributed by atoms with E-state index in [-0.39, 0.29) is 17.4 Å². The molecule has 2 heterocycles. The summed E-state index contributed by atoms with van der Waals surface area (Å²) in [5.74, 6) is 0.880. The van der Waals surface area contributed by atoms with Crippen molar-refractivity contribution in [1.82, 2.24) is 9.78 Å². The van der Waals surface area contributed by atoms with Crippen molar-refractivity contribution >= 4 is 11.6 Å². The smallest absolute Gasteiger partial charge is 0.165 e. The van der Waals surface area contributed by atoms with Gasteiger partial charge in [0, 0.05) is 0 Å². The summed E-state index contributed by atoms with van der Waals surface area (Å²) in [6, 6.07) is 10.5. The van der Waals surface area contributed by atoms with Crippen LogP contribution >= 0.6 is 0 Å². The second-order valence-corrected chi connectivity index (χ2v) is 6.00. The molecule has 0 saturated carbocycles. The molecule has 104 valence electrons. The third-order valence-electron chi connectivity index (χ3n) is 3.94. The van der Waals surface area contributed by atoms with Crippen LogP contribution in [0.15, 0.2) is 36.5 Å². The molecular weight excluding hydrogens is 250 g/mol. The van der Waals surface area contributed by atoms with E-state index in [0.29, 0.717) is 5.56 Å². The topological polar surface area (TPSA) is 46.9 Å². The number of fused-ring (bicyclic) bond motifs is 1. The molecule has 4 nitrogen and oxygen atoms in total. The molecular formula is C16H19N3O. The molecule has 0 aliphatic carbocycles. The van der Waals surface area contributed by atoms with Crippen molar-refractivity contribution in [3.05, 3.63) is 47.7 Å². The average molecular weight is 269 g/mol. The molecule has 1 atom stereocenters. The second-order valence-electron chi connectivity index (χ2n) is 6.00. The van der Waals surface area contributed by atoms with Gasteiger partial charge in [0.2, 0.25) is 0 Å². The molecule has 0 amide bonds. The van der Waals surface area contributed by atoms with E-state index >= 15 is 0 Å². The lowest BCUT2D eigenvalue weighted by molar-refractivity contribution is 0.101. The summed E-state index contributed by atoms with van der Waals surface area (Å²) < 4.78 is 1.93. The van der Waals surface area contributed by atoms with Gasteiger partial charge in [-0.2, -0.15) is 5.10 Å². The summed E-state index contributed by atoms with van der Waals surface area (Å²) in [4.78, 5) is 11.7. The van der Waals surface area contributed by atoms with Gasteiger partial charge in [-0.1, -0.05) is 30.3 Å². The molecule has 1 aromatic carbocycles. The molecule has 1 aliphatic heterocycles. The van der Waals surface area contributed by atoms with E-state index in [4.69, 9.17) is 0 Å². The number of hydrogen-bond acceptors (Lipinski definition) is 3. The third-order valence-corrected chi connectivity index (χ3v) is 3.94. The second kappa shape index (κ2) is 4.47. The zero-order valence-corrected chi connectivity index (χ0v) is 12.1. The number of nitrogens with one attached hydrogen (secondary N) is 1. The summed E-state index contributed by atoms with van der Waals surface area (Å²) in [5, 5.41) is 7.87. The van der Waals surface area contributed by atoms with Crippen LogP contribution in [-0.2, 0) is 5.54 Å². The first-order chi connectivity index (χ1) is 9.49. The van der Waals surface area contributed by atoms with Gasteiger partial charge in [0.05, 0.1) is 23.3 Å². The molecule has 1 aliphatic rings. The first kappa shape index (κ1) is 12.9. The number of Topliss-reactive ketones (excluding diaryl/α,β-unsaturated/α-hetero) is 1. The maximum absolute atomic E-state index is 11.7. The Kier molecular flexibility index (Phi) is 2.89. The van der Waals surface area contributed by atoms with Gasteiger partial charge in [0.1, 0.15) is 5.82 Å². The molecule has 1 N–H and O–H groups in total. The Balaban J connectivity index is 2.05. The van der Waals surface area contributed by atoms with E-state index in [0.717, 1.165) is 12.2 Å². The lowest BCUT2D eigenvalue weighted by Gasteiger charge is -2.38. The van der Waals surface area contributed by atoms with E-state index in [1.807, 2.05) is 22.9 Å². The third kappa shape index (κ3) is 2.01. The van der Waals surface area contributed by atoms with Crippen molar-refractivity contribution in [3.8, 4) is 0 Å². The number of benzene rings is 1. The van der Waals surface area contributed by atoms with Crippen LogP contribution in [0.4, 0.5) is 5.82 Å². The van der Waals surface area contributed by atoms with Crippen LogP contribution in [0.2, 0.25) is 0 Å². The van der Waals surface area contributed by atoms with Crippen molar-refractivity contribution in [1.29, 1.82) is 0 Å². The van der Waals surface area contributed by atoms with Crippen molar-refractivity contribution in [2.45, 2.75) is 38.8 Å². The van der Waals surface area contributed by atoms with Crippen LogP contribution in [0.1, 0.15) is 49.2 Å². The molecule has 20 heavy (non-hydrogen) atoms. The summed E-state index contributed by atoms with van der Waals surface area (Å²) in [6.07, 6.45) is 2.60. The quantitative estimate of drug-likeness (QED) is 0.850. The molecule has 0 radical (unpaired) electrons. The van der Waals surface area contributed by atoms with Crippen LogP contribution in [0.5, 0.6) is 0 Å². The highest BCUT2D eigenvalue weighted by Crippen LogP contribution is 2.39. The summed E-state index contributed by atoms with van der Waals surface area (Å²) in [6.45, 7) is 5.90. The highest BCUT2D eigenvalue weighted by molar-refractivity contribution is 5.98. The number of carbonyl (C=O) groups is 1. The number of nitrogens with zero attached hydrogens (tertiary/aromatic N) is 2. The number of hydrogen-bond donors (Lipinski definition) is 1. The first-order valence-corrected chi connectivity index (χ1v) is 6.90. The Morgan fingerprint density at radius 2 is 2.05 bits per heavy atom. The van der Waals surface area contributed by atoms with Crippen LogP contribution in [-0.4, -0.2) is 15.6 Å². The van der Waals surface area contributed by atoms with Gasteiger partial charge >= 0.3 is 0 Å². The Morgan fingerprint density at radius 1 is 1.35 bits per heavy atom. The molecule has 0 fully saturated rings. The van der Waals surface area contributed by atoms with Crippen molar-refractivity contribution in [2.75, 3.05) is 5.32 Å². The Hall–Kier alpha value is -2.10. The molecule has 0 unspecified atom stereocenters. The van der Waals surface area contributed by atoms with E-state index < -0.39 is 0 Å². The SMILES string of the molecule is CC(=O)c1cnn2c1N[C@@H](c1ccccc1)CC2(C)C. The minimum Gasteiger partial charge on any atom is -0.363 e. The molecule has 4 heteroatoms. The van der Waals surface area contributed by atoms with Gasteiger partial charge < -0.3 is 5.32 Å². The van der Waals surface area contributed by atoms with E-state index in [2.05, 4.69) is 36.4 Å². The number of anilines is 1. The molecule has 2 aromatic rings. The minimum absolute atomic E-state index is 0.0447. The maximum Gasteiger partial charge on any atom is 0.165 e. The van der Waals surface area contributed by atoms with E-state index in [9.17, 15) is 4.79 Å². The zero-order valence-electron chi connectivity index (χ0n) is 12.1. The average Bonchev–Trinajstić information content (AvgIpc) is 2.84. The Bertz CT molecular complexity index is 643. The fourth-order valence-electron chi connectivity index (χ4n) is 2.89. The standard InChI is InChI=1S/C16H19N3O/c1-11(20)13-10-17-19-15(13)18-14(9-16(19,2)3)12-7-5-4-6-8-12/h4-8,10,14,18H,9H2,1-3H3/t14-/m1/s1. The number of carbonyl (C=O) groups excluding carboxylic acids is 1. The van der Waals surface area contributed by atoms with Gasteiger partial charge in [-0.05, 0) is 32.8 Å². The summed E-state index contributed by atoms with van der Waals surface area (Å²) >= 11 is 0. The van der Waals surface area contributed by atoms with E-state index in [1.165, 1.54) is 5.56 Å². The molecule has 0 bridgehead atoms. The minimum atomic E-state index is -0.116. The lowest BCUT2D eigenvalue weighted by Crippen LogP contribution is -2.38. The Morgan fingerprint density at radius 3 is 2.70 bits per heavy atom. The van der Waals surface area contributed by atoms with Crippen molar-refractivity contribution in [2.24, 2.45) is 0 Å². The van der Waals surface area contributed by atoms with Gasteiger partial charge in [-0.3, -0.25) is 4.79 Å². The van der Waals surface area contributed by atoms with Gasteiger partial charge in [-0.25, -0.2) is 4.68 Å².